The highest BCUT2D eigenvalue weighted by atomic mass is 16.5. The molecule has 0 aromatic carbocycles. The third-order valence-electron chi connectivity index (χ3n) is 2.45. The van der Waals surface area contributed by atoms with Gasteiger partial charge in [-0.3, -0.25) is 4.79 Å². The highest BCUT2D eigenvalue weighted by Crippen LogP contribution is 2.37. The van der Waals surface area contributed by atoms with Crippen LogP contribution in [-0.2, 0) is 9.53 Å². The average Bonchev–Trinajstić information content (AvgIpc) is 1.86. The topological polar surface area (TPSA) is 26.3 Å². The minimum atomic E-state index is -0.0156. The smallest absolute Gasteiger partial charge is 0.308 e. The van der Waals surface area contributed by atoms with Crippen LogP contribution in [0.15, 0.2) is 0 Å². The molecule has 0 spiro atoms. The normalized spacial score (nSPS) is 31.0. The van der Waals surface area contributed by atoms with Crippen molar-refractivity contribution in [1.29, 1.82) is 0 Å². The van der Waals surface area contributed by atoms with Crippen LogP contribution in [0.3, 0.4) is 0 Å². The zero-order valence-corrected chi connectivity index (χ0v) is 6.59. The fourth-order valence-corrected chi connectivity index (χ4v) is 1.52. The largest absolute Gasteiger partial charge is 0.469 e. The van der Waals surface area contributed by atoms with E-state index in [9.17, 15) is 4.79 Å². The van der Waals surface area contributed by atoms with Crippen molar-refractivity contribution in [2.45, 2.75) is 26.2 Å². The molecule has 0 amide bonds. The molecule has 2 atom stereocenters. The van der Waals surface area contributed by atoms with E-state index in [1.54, 1.807) is 0 Å². The van der Waals surface area contributed by atoms with E-state index in [2.05, 4.69) is 11.7 Å². The van der Waals surface area contributed by atoms with Gasteiger partial charge in [-0.15, -0.1) is 0 Å². The van der Waals surface area contributed by atoms with Gasteiger partial charge >= 0.3 is 5.97 Å². The lowest BCUT2D eigenvalue weighted by atomic mass is 9.72. The van der Waals surface area contributed by atoms with Crippen molar-refractivity contribution in [1.82, 2.24) is 0 Å². The molecule has 2 nitrogen and oxygen atoms in total. The van der Waals surface area contributed by atoms with Crippen molar-refractivity contribution in [3.63, 3.8) is 0 Å². The second kappa shape index (κ2) is 3.04. The van der Waals surface area contributed by atoms with E-state index < -0.39 is 0 Å². The first kappa shape index (κ1) is 7.58. The van der Waals surface area contributed by atoms with Crippen molar-refractivity contribution in [2.75, 3.05) is 7.11 Å². The lowest BCUT2D eigenvalue weighted by Crippen LogP contribution is -2.33. The van der Waals surface area contributed by atoms with Crippen molar-refractivity contribution in [2.24, 2.45) is 11.8 Å². The van der Waals surface area contributed by atoms with Gasteiger partial charge in [0.05, 0.1) is 13.0 Å². The fraction of sp³-hybridized carbons (Fsp3) is 0.875. The maximum Gasteiger partial charge on any atom is 0.308 e. The lowest BCUT2D eigenvalue weighted by molar-refractivity contribution is -0.151. The molecule has 0 aromatic heterocycles. The number of hydrogen-bond donors (Lipinski definition) is 0. The van der Waals surface area contributed by atoms with E-state index in [0.29, 0.717) is 5.92 Å². The van der Waals surface area contributed by atoms with Crippen LogP contribution in [0, 0.1) is 11.8 Å². The molecular formula is C8H14O2. The van der Waals surface area contributed by atoms with Gasteiger partial charge in [0, 0.05) is 0 Å². The molecule has 0 aliphatic heterocycles. The molecule has 0 N–H and O–H groups in total. The van der Waals surface area contributed by atoms with Crippen molar-refractivity contribution in [3.05, 3.63) is 0 Å². The Morgan fingerprint density at radius 2 is 2.30 bits per heavy atom. The minimum absolute atomic E-state index is 0.0156. The Bertz CT molecular complexity index is 129. The van der Waals surface area contributed by atoms with Crippen LogP contribution in [0.1, 0.15) is 26.2 Å². The second-order valence-electron chi connectivity index (χ2n) is 2.88. The molecule has 1 aliphatic rings. The van der Waals surface area contributed by atoms with E-state index in [0.717, 1.165) is 12.8 Å². The molecular weight excluding hydrogens is 128 g/mol. The average molecular weight is 142 g/mol. The van der Waals surface area contributed by atoms with Gasteiger partial charge in [-0.1, -0.05) is 13.3 Å². The summed E-state index contributed by atoms with van der Waals surface area (Å²) in [5.74, 6) is 0.806. The van der Waals surface area contributed by atoms with Gasteiger partial charge in [0.25, 0.3) is 0 Å². The van der Waals surface area contributed by atoms with E-state index >= 15 is 0 Å². The number of carbonyl (C=O) groups excluding carboxylic acids is 1. The van der Waals surface area contributed by atoms with Gasteiger partial charge in [0.15, 0.2) is 0 Å². The van der Waals surface area contributed by atoms with Gasteiger partial charge in [-0.05, 0) is 18.8 Å². The maximum absolute atomic E-state index is 10.9. The molecule has 0 unspecified atom stereocenters. The molecule has 2 heteroatoms. The van der Waals surface area contributed by atoms with Crippen molar-refractivity contribution >= 4 is 5.97 Å². The van der Waals surface area contributed by atoms with Crippen LogP contribution >= 0.6 is 0 Å². The van der Waals surface area contributed by atoms with Gasteiger partial charge < -0.3 is 4.74 Å². The highest BCUT2D eigenvalue weighted by molar-refractivity contribution is 5.73. The summed E-state index contributed by atoms with van der Waals surface area (Å²) in [6, 6.07) is 0. The van der Waals surface area contributed by atoms with Crippen LogP contribution < -0.4 is 0 Å². The van der Waals surface area contributed by atoms with E-state index in [4.69, 9.17) is 0 Å². The number of esters is 1. The van der Waals surface area contributed by atoms with Crippen LogP contribution in [0.25, 0.3) is 0 Å². The maximum atomic E-state index is 10.9. The zero-order valence-electron chi connectivity index (χ0n) is 6.59. The van der Waals surface area contributed by atoms with E-state index in [-0.39, 0.29) is 11.9 Å². The number of ether oxygens (including phenoxy) is 1. The SMILES string of the molecule is CC[C@@H]1CC[C@H]1C(=O)OC. The summed E-state index contributed by atoms with van der Waals surface area (Å²) in [6.45, 7) is 2.12. The summed E-state index contributed by atoms with van der Waals surface area (Å²) in [6.07, 6.45) is 3.35. The summed E-state index contributed by atoms with van der Waals surface area (Å²) >= 11 is 0. The first-order valence-corrected chi connectivity index (χ1v) is 3.87. The predicted molar refractivity (Wildman–Crippen MR) is 38.5 cm³/mol. The van der Waals surface area contributed by atoms with Crippen LogP contribution in [0.2, 0.25) is 0 Å². The number of carbonyl (C=O) groups is 1. The number of hydrogen-bond acceptors (Lipinski definition) is 2. The molecule has 1 saturated carbocycles. The minimum Gasteiger partial charge on any atom is -0.469 e. The van der Waals surface area contributed by atoms with Gasteiger partial charge in [-0.2, -0.15) is 0 Å². The van der Waals surface area contributed by atoms with Crippen LogP contribution in [-0.4, -0.2) is 13.1 Å². The highest BCUT2D eigenvalue weighted by Gasteiger charge is 2.35. The standard InChI is InChI=1S/C8H14O2/c1-3-6-4-5-7(6)8(9)10-2/h6-7H,3-5H2,1-2H3/t6-,7-/m1/s1. The Hall–Kier alpha value is -0.530. The Morgan fingerprint density at radius 3 is 2.60 bits per heavy atom. The van der Waals surface area contributed by atoms with Crippen molar-refractivity contribution < 1.29 is 9.53 Å². The molecule has 10 heavy (non-hydrogen) atoms. The Morgan fingerprint density at radius 1 is 1.60 bits per heavy atom. The molecule has 0 aromatic rings. The Kier molecular flexibility index (Phi) is 2.30. The molecule has 1 fully saturated rings. The second-order valence-corrected chi connectivity index (χ2v) is 2.88. The van der Waals surface area contributed by atoms with Gasteiger partial charge in [0.2, 0.25) is 0 Å². The summed E-state index contributed by atoms with van der Waals surface area (Å²) in [4.78, 5) is 10.9. The summed E-state index contributed by atoms with van der Waals surface area (Å²) in [5, 5.41) is 0. The molecule has 1 aliphatic carbocycles. The Labute approximate surface area is 61.6 Å². The fourth-order valence-electron chi connectivity index (χ4n) is 1.52. The molecule has 58 valence electrons. The third-order valence-corrected chi connectivity index (χ3v) is 2.45. The molecule has 0 saturated heterocycles. The molecule has 0 heterocycles. The first-order valence-electron chi connectivity index (χ1n) is 3.87. The van der Waals surface area contributed by atoms with Crippen LogP contribution in [0.5, 0.6) is 0 Å². The summed E-state index contributed by atoms with van der Waals surface area (Å²) in [5.41, 5.74) is 0. The molecule has 0 radical (unpaired) electrons. The van der Waals surface area contributed by atoms with Gasteiger partial charge in [0.1, 0.15) is 0 Å². The molecule has 0 bridgehead atoms. The van der Waals surface area contributed by atoms with E-state index in [1.807, 2.05) is 0 Å². The Balaban J connectivity index is 2.35. The van der Waals surface area contributed by atoms with Gasteiger partial charge in [-0.25, -0.2) is 0 Å². The monoisotopic (exact) mass is 142 g/mol. The third kappa shape index (κ3) is 1.15. The number of rotatable bonds is 2. The number of methoxy groups -OCH3 is 1. The lowest BCUT2D eigenvalue weighted by Gasteiger charge is -2.33. The van der Waals surface area contributed by atoms with E-state index in [1.165, 1.54) is 13.5 Å². The molecule has 1 rings (SSSR count). The summed E-state index contributed by atoms with van der Waals surface area (Å²) in [7, 11) is 1.47. The zero-order chi connectivity index (χ0) is 7.56. The first-order chi connectivity index (χ1) is 4.79. The quantitative estimate of drug-likeness (QED) is 0.547. The summed E-state index contributed by atoms with van der Waals surface area (Å²) < 4.78 is 4.65. The predicted octanol–water partition coefficient (Wildman–Crippen LogP) is 1.60. The van der Waals surface area contributed by atoms with Crippen molar-refractivity contribution in [3.8, 4) is 0 Å². The van der Waals surface area contributed by atoms with Crippen LogP contribution in [0.4, 0.5) is 0 Å².